The van der Waals surface area contributed by atoms with E-state index in [1.54, 1.807) is 19.1 Å². The quantitative estimate of drug-likeness (QED) is 0.698. The van der Waals surface area contributed by atoms with Crippen LogP contribution in [0.2, 0.25) is 0 Å². The lowest BCUT2D eigenvalue weighted by atomic mass is 10.1. The normalized spacial score (nSPS) is 8.64. The van der Waals surface area contributed by atoms with Crippen molar-refractivity contribution in [1.82, 2.24) is 0 Å². The fraction of sp³-hybridized carbons (Fsp3) is 0.333. The molecule has 0 radical (unpaired) electrons. The van der Waals surface area contributed by atoms with Crippen LogP contribution in [0, 0.1) is 12.7 Å². The molecule has 0 heterocycles. The van der Waals surface area contributed by atoms with Crippen LogP contribution in [0.5, 0.6) is 5.75 Å². The van der Waals surface area contributed by atoms with Crippen molar-refractivity contribution in [1.29, 1.82) is 0 Å². The molecule has 0 fully saturated rings. The molecule has 14 heavy (non-hydrogen) atoms. The number of hydrogen-bond donors (Lipinski definition) is 0. The lowest BCUT2D eigenvalue weighted by molar-refractivity contribution is 0.406. The Labute approximate surface area is 85.2 Å². The zero-order valence-electron chi connectivity index (χ0n) is 9.23. The summed E-state index contributed by atoms with van der Waals surface area (Å²) < 4.78 is 18.0. The minimum atomic E-state index is -0.252. The Balaban J connectivity index is 0.000000791. The monoisotopic (exact) mass is 196 g/mol. The first-order valence-electron chi connectivity index (χ1n) is 4.66. The molecule has 0 aliphatic carbocycles. The van der Waals surface area contributed by atoms with E-state index < -0.39 is 0 Å². The molecule has 0 atom stereocenters. The summed E-state index contributed by atoms with van der Waals surface area (Å²) in [5.74, 6) is 0.308. The van der Waals surface area contributed by atoms with Crippen molar-refractivity contribution in [3.05, 3.63) is 35.7 Å². The third kappa shape index (κ3) is 2.59. The molecule has 1 rings (SSSR count). The van der Waals surface area contributed by atoms with Crippen LogP contribution in [0.3, 0.4) is 0 Å². The minimum absolute atomic E-state index is 0.252. The topological polar surface area (TPSA) is 9.23 Å². The van der Waals surface area contributed by atoms with Crippen molar-refractivity contribution in [2.75, 3.05) is 7.11 Å². The molecule has 0 aromatic heterocycles. The molecule has 0 spiro atoms. The molecule has 0 amide bonds. The van der Waals surface area contributed by atoms with E-state index in [-0.39, 0.29) is 5.82 Å². The van der Waals surface area contributed by atoms with E-state index in [4.69, 9.17) is 4.74 Å². The van der Waals surface area contributed by atoms with Crippen LogP contribution in [-0.2, 0) is 0 Å². The fourth-order valence-corrected chi connectivity index (χ4v) is 1.12. The van der Waals surface area contributed by atoms with Gasteiger partial charge < -0.3 is 4.74 Å². The second kappa shape index (κ2) is 6.19. The smallest absolute Gasteiger partial charge is 0.131 e. The van der Waals surface area contributed by atoms with E-state index in [0.717, 1.165) is 5.56 Å². The van der Waals surface area contributed by atoms with Gasteiger partial charge in [0.2, 0.25) is 0 Å². The molecule has 0 aliphatic heterocycles. The van der Waals surface area contributed by atoms with Crippen molar-refractivity contribution in [2.24, 2.45) is 0 Å². The summed E-state index contributed by atoms with van der Waals surface area (Å²) in [5.41, 5.74) is 1.34. The van der Waals surface area contributed by atoms with E-state index in [9.17, 15) is 4.39 Å². The van der Waals surface area contributed by atoms with Gasteiger partial charge in [0, 0.05) is 11.1 Å². The third-order valence-corrected chi connectivity index (χ3v) is 1.79. The third-order valence-electron chi connectivity index (χ3n) is 1.79. The van der Waals surface area contributed by atoms with E-state index in [0.29, 0.717) is 11.3 Å². The van der Waals surface area contributed by atoms with E-state index >= 15 is 0 Å². The Bertz CT molecular complexity index is 305. The van der Waals surface area contributed by atoms with Crippen molar-refractivity contribution in [2.45, 2.75) is 20.8 Å². The Morgan fingerprint density at radius 2 is 1.93 bits per heavy atom. The SMILES string of the molecule is C=Cc1ccc(F)c(C)c1OC.CC. The van der Waals surface area contributed by atoms with Gasteiger partial charge in [0.25, 0.3) is 0 Å². The second-order valence-corrected chi connectivity index (χ2v) is 2.50. The fourth-order valence-electron chi connectivity index (χ4n) is 1.12. The van der Waals surface area contributed by atoms with Gasteiger partial charge in [-0.3, -0.25) is 0 Å². The standard InChI is InChI=1S/C10H11FO.C2H6/c1-4-8-5-6-9(11)7(2)10(8)12-3;1-2/h4-6H,1H2,2-3H3;1-2H3. The van der Waals surface area contributed by atoms with Gasteiger partial charge in [-0.2, -0.15) is 0 Å². The molecular formula is C12H17FO. The maximum absolute atomic E-state index is 13.0. The molecular weight excluding hydrogens is 179 g/mol. The lowest BCUT2D eigenvalue weighted by Crippen LogP contribution is -1.93. The number of hydrogen-bond acceptors (Lipinski definition) is 1. The van der Waals surface area contributed by atoms with Gasteiger partial charge in [0.05, 0.1) is 7.11 Å². The van der Waals surface area contributed by atoms with Gasteiger partial charge in [0.1, 0.15) is 11.6 Å². The predicted molar refractivity (Wildman–Crippen MR) is 59.1 cm³/mol. The van der Waals surface area contributed by atoms with Gasteiger partial charge in [0.15, 0.2) is 0 Å². The molecule has 0 saturated heterocycles. The number of benzene rings is 1. The first kappa shape index (κ1) is 12.7. The largest absolute Gasteiger partial charge is 0.496 e. The van der Waals surface area contributed by atoms with Crippen molar-refractivity contribution in [3.8, 4) is 5.75 Å². The van der Waals surface area contributed by atoms with E-state index in [2.05, 4.69) is 6.58 Å². The molecule has 2 heteroatoms. The van der Waals surface area contributed by atoms with Gasteiger partial charge in [-0.1, -0.05) is 26.5 Å². The molecule has 0 N–H and O–H groups in total. The summed E-state index contributed by atoms with van der Waals surface area (Å²) in [6, 6.07) is 3.06. The Hall–Kier alpha value is -1.31. The van der Waals surface area contributed by atoms with Crippen LogP contribution in [-0.4, -0.2) is 7.11 Å². The van der Waals surface area contributed by atoms with Crippen molar-refractivity contribution >= 4 is 6.08 Å². The zero-order chi connectivity index (χ0) is 11.1. The molecule has 1 nitrogen and oxygen atoms in total. The molecule has 78 valence electrons. The van der Waals surface area contributed by atoms with Crippen molar-refractivity contribution in [3.63, 3.8) is 0 Å². The van der Waals surface area contributed by atoms with Gasteiger partial charge >= 0.3 is 0 Å². The van der Waals surface area contributed by atoms with Gasteiger partial charge in [-0.15, -0.1) is 0 Å². The van der Waals surface area contributed by atoms with Gasteiger partial charge in [-0.05, 0) is 19.1 Å². The molecule has 0 unspecified atom stereocenters. The molecule has 1 aromatic carbocycles. The van der Waals surface area contributed by atoms with Crippen LogP contribution in [0.15, 0.2) is 18.7 Å². The van der Waals surface area contributed by atoms with E-state index in [1.807, 2.05) is 13.8 Å². The summed E-state index contributed by atoms with van der Waals surface area (Å²) >= 11 is 0. The van der Waals surface area contributed by atoms with Crippen LogP contribution >= 0.6 is 0 Å². The maximum Gasteiger partial charge on any atom is 0.131 e. The number of halogens is 1. The second-order valence-electron chi connectivity index (χ2n) is 2.50. The first-order valence-corrected chi connectivity index (χ1v) is 4.66. The molecule has 1 aromatic rings. The Kier molecular flexibility index (Phi) is 5.61. The van der Waals surface area contributed by atoms with Crippen molar-refractivity contribution < 1.29 is 9.13 Å². The minimum Gasteiger partial charge on any atom is -0.496 e. The zero-order valence-corrected chi connectivity index (χ0v) is 9.23. The van der Waals surface area contributed by atoms with Crippen LogP contribution in [0.1, 0.15) is 25.0 Å². The Morgan fingerprint density at radius 3 is 2.36 bits per heavy atom. The highest BCUT2D eigenvalue weighted by Gasteiger charge is 2.07. The Morgan fingerprint density at radius 1 is 1.36 bits per heavy atom. The van der Waals surface area contributed by atoms with Crippen LogP contribution in [0.25, 0.3) is 6.08 Å². The highest BCUT2D eigenvalue weighted by molar-refractivity contribution is 5.58. The number of ether oxygens (including phenoxy) is 1. The summed E-state index contributed by atoms with van der Waals surface area (Å²) in [6.07, 6.45) is 1.64. The number of methoxy groups -OCH3 is 1. The van der Waals surface area contributed by atoms with E-state index in [1.165, 1.54) is 13.2 Å². The van der Waals surface area contributed by atoms with Gasteiger partial charge in [-0.25, -0.2) is 4.39 Å². The highest BCUT2D eigenvalue weighted by atomic mass is 19.1. The average Bonchev–Trinajstić information content (AvgIpc) is 2.24. The predicted octanol–water partition coefficient (Wildman–Crippen LogP) is 3.81. The first-order chi connectivity index (χ1) is 6.70. The summed E-state index contributed by atoms with van der Waals surface area (Å²) in [6.45, 7) is 9.29. The average molecular weight is 196 g/mol. The summed E-state index contributed by atoms with van der Waals surface area (Å²) in [7, 11) is 1.52. The highest BCUT2D eigenvalue weighted by Crippen LogP contribution is 2.25. The molecule has 0 bridgehead atoms. The molecule has 0 saturated carbocycles. The molecule has 0 aliphatic rings. The van der Waals surface area contributed by atoms with Crippen LogP contribution < -0.4 is 4.74 Å². The maximum atomic E-state index is 13.0. The summed E-state index contributed by atoms with van der Waals surface area (Å²) in [4.78, 5) is 0. The number of rotatable bonds is 2. The lowest BCUT2D eigenvalue weighted by Gasteiger charge is -2.08. The summed E-state index contributed by atoms with van der Waals surface area (Å²) in [5, 5.41) is 0. The van der Waals surface area contributed by atoms with Crippen LogP contribution in [0.4, 0.5) is 4.39 Å².